The minimum atomic E-state index is -0.660. The highest BCUT2D eigenvalue weighted by atomic mass is 16.5. The van der Waals surface area contributed by atoms with Gasteiger partial charge in [0.05, 0.1) is 0 Å². The van der Waals surface area contributed by atoms with Crippen molar-refractivity contribution in [3.8, 4) is 0 Å². The lowest BCUT2D eigenvalue weighted by Gasteiger charge is -2.19. The van der Waals surface area contributed by atoms with Crippen molar-refractivity contribution in [3.05, 3.63) is 12.2 Å². The SMILES string of the molecule is NC(=O)C1(c2ncon2)CCCC1. The minimum absolute atomic E-state index is 0.341. The fourth-order valence-electron chi connectivity index (χ4n) is 1.94. The molecule has 1 aromatic heterocycles. The summed E-state index contributed by atoms with van der Waals surface area (Å²) in [5.74, 6) is 0.101. The summed E-state index contributed by atoms with van der Waals surface area (Å²) < 4.78 is 4.63. The first-order valence-electron chi connectivity index (χ1n) is 4.32. The smallest absolute Gasteiger partial charge is 0.231 e. The quantitative estimate of drug-likeness (QED) is 0.714. The van der Waals surface area contributed by atoms with Gasteiger partial charge in [0.2, 0.25) is 12.3 Å². The van der Waals surface area contributed by atoms with Gasteiger partial charge in [-0.25, -0.2) is 0 Å². The molecule has 0 aromatic carbocycles. The number of carbonyl (C=O) groups excluding carboxylic acids is 1. The zero-order chi connectivity index (χ0) is 9.31. The molecule has 1 amide bonds. The lowest BCUT2D eigenvalue weighted by molar-refractivity contribution is -0.123. The molecule has 0 radical (unpaired) electrons. The van der Waals surface area contributed by atoms with E-state index in [1.807, 2.05) is 0 Å². The van der Waals surface area contributed by atoms with Crippen LogP contribution in [-0.4, -0.2) is 16.0 Å². The lowest BCUT2D eigenvalue weighted by Crippen LogP contribution is -2.39. The van der Waals surface area contributed by atoms with E-state index in [2.05, 4.69) is 14.7 Å². The summed E-state index contributed by atoms with van der Waals surface area (Å²) in [5.41, 5.74) is 4.70. The molecule has 5 heteroatoms. The Kier molecular flexibility index (Phi) is 1.79. The van der Waals surface area contributed by atoms with E-state index in [0.29, 0.717) is 5.82 Å². The maximum absolute atomic E-state index is 11.3. The van der Waals surface area contributed by atoms with Crippen LogP contribution in [0.5, 0.6) is 0 Å². The largest absolute Gasteiger partial charge is 0.369 e. The van der Waals surface area contributed by atoms with Crippen LogP contribution >= 0.6 is 0 Å². The molecule has 2 N–H and O–H groups in total. The van der Waals surface area contributed by atoms with Crippen molar-refractivity contribution >= 4 is 5.91 Å². The number of hydrogen-bond donors (Lipinski definition) is 1. The molecule has 1 aliphatic carbocycles. The molecule has 0 spiro atoms. The maximum Gasteiger partial charge on any atom is 0.231 e. The number of carbonyl (C=O) groups is 1. The standard InChI is InChI=1S/C8H11N3O2/c9-6(12)8(3-1-2-4-8)7-10-5-13-11-7/h5H,1-4H2,(H2,9,12). The van der Waals surface area contributed by atoms with Crippen LogP contribution in [-0.2, 0) is 10.2 Å². The van der Waals surface area contributed by atoms with Crippen molar-refractivity contribution in [2.75, 3.05) is 0 Å². The molecular formula is C8H11N3O2. The average Bonchev–Trinajstić information content (AvgIpc) is 2.75. The van der Waals surface area contributed by atoms with Crippen LogP contribution in [0.3, 0.4) is 0 Å². The molecule has 2 rings (SSSR count). The van der Waals surface area contributed by atoms with Gasteiger partial charge in [0.25, 0.3) is 0 Å². The second-order valence-electron chi connectivity index (χ2n) is 3.41. The summed E-state index contributed by atoms with van der Waals surface area (Å²) in [6.45, 7) is 0. The summed E-state index contributed by atoms with van der Waals surface area (Å²) in [4.78, 5) is 15.2. The van der Waals surface area contributed by atoms with E-state index in [1.165, 1.54) is 6.39 Å². The number of nitrogens with two attached hydrogens (primary N) is 1. The molecule has 13 heavy (non-hydrogen) atoms. The van der Waals surface area contributed by atoms with Crippen LogP contribution in [0.4, 0.5) is 0 Å². The Balaban J connectivity index is 2.39. The Morgan fingerprint density at radius 3 is 2.69 bits per heavy atom. The fourth-order valence-corrected chi connectivity index (χ4v) is 1.94. The van der Waals surface area contributed by atoms with Gasteiger partial charge < -0.3 is 10.3 Å². The number of hydrogen-bond acceptors (Lipinski definition) is 4. The van der Waals surface area contributed by atoms with Gasteiger partial charge in [-0.1, -0.05) is 18.0 Å². The second kappa shape index (κ2) is 2.83. The Labute approximate surface area is 75.3 Å². The van der Waals surface area contributed by atoms with Gasteiger partial charge in [-0.2, -0.15) is 4.98 Å². The van der Waals surface area contributed by atoms with Gasteiger partial charge in [-0.3, -0.25) is 4.79 Å². The van der Waals surface area contributed by atoms with Crippen molar-refractivity contribution in [2.24, 2.45) is 5.73 Å². The van der Waals surface area contributed by atoms with Crippen LogP contribution in [0.15, 0.2) is 10.9 Å². The highest BCUT2D eigenvalue weighted by molar-refractivity contribution is 5.85. The molecule has 0 unspecified atom stereocenters. The number of primary amides is 1. The van der Waals surface area contributed by atoms with Crippen molar-refractivity contribution in [3.63, 3.8) is 0 Å². The van der Waals surface area contributed by atoms with Gasteiger partial charge in [0, 0.05) is 0 Å². The molecule has 70 valence electrons. The summed E-state index contributed by atoms with van der Waals surface area (Å²) >= 11 is 0. The third-order valence-electron chi connectivity index (χ3n) is 2.72. The highest BCUT2D eigenvalue weighted by Crippen LogP contribution is 2.38. The lowest BCUT2D eigenvalue weighted by atomic mass is 9.84. The minimum Gasteiger partial charge on any atom is -0.369 e. The van der Waals surface area contributed by atoms with Crippen LogP contribution in [0.2, 0.25) is 0 Å². The molecule has 1 heterocycles. The van der Waals surface area contributed by atoms with Gasteiger partial charge in [0.15, 0.2) is 5.82 Å². The summed E-state index contributed by atoms with van der Waals surface area (Å²) in [5, 5.41) is 3.70. The monoisotopic (exact) mass is 181 g/mol. The molecule has 0 saturated heterocycles. The van der Waals surface area contributed by atoms with Crippen LogP contribution < -0.4 is 5.73 Å². The zero-order valence-electron chi connectivity index (χ0n) is 7.19. The average molecular weight is 181 g/mol. The topological polar surface area (TPSA) is 82.0 Å². The number of amides is 1. The van der Waals surface area contributed by atoms with E-state index in [-0.39, 0.29) is 5.91 Å². The molecular weight excluding hydrogens is 170 g/mol. The Morgan fingerprint density at radius 1 is 1.54 bits per heavy atom. The first-order valence-corrected chi connectivity index (χ1v) is 4.32. The molecule has 5 nitrogen and oxygen atoms in total. The van der Waals surface area contributed by atoms with Crippen molar-refractivity contribution in [1.29, 1.82) is 0 Å². The summed E-state index contributed by atoms with van der Waals surface area (Å²) in [6, 6.07) is 0. The van der Waals surface area contributed by atoms with Crippen LogP contribution in [0.1, 0.15) is 31.5 Å². The van der Waals surface area contributed by atoms with Crippen molar-refractivity contribution in [1.82, 2.24) is 10.1 Å². The van der Waals surface area contributed by atoms with Gasteiger partial charge in [-0.15, -0.1) is 0 Å². The first-order chi connectivity index (χ1) is 6.26. The molecule has 1 fully saturated rings. The van der Waals surface area contributed by atoms with Crippen LogP contribution in [0, 0.1) is 0 Å². The van der Waals surface area contributed by atoms with Crippen LogP contribution in [0.25, 0.3) is 0 Å². The Morgan fingerprint density at radius 2 is 2.23 bits per heavy atom. The van der Waals surface area contributed by atoms with E-state index in [1.54, 1.807) is 0 Å². The van der Waals surface area contributed by atoms with E-state index >= 15 is 0 Å². The van der Waals surface area contributed by atoms with Crippen molar-refractivity contribution in [2.45, 2.75) is 31.1 Å². The predicted octanol–water partition coefficient (Wildman–Crippen LogP) is 0.367. The predicted molar refractivity (Wildman–Crippen MR) is 43.6 cm³/mol. The summed E-state index contributed by atoms with van der Waals surface area (Å²) in [6.07, 6.45) is 4.71. The van der Waals surface area contributed by atoms with Gasteiger partial charge in [-0.05, 0) is 12.8 Å². The molecule has 0 atom stereocenters. The van der Waals surface area contributed by atoms with Gasteiger partial charge in [0.1, 0.15) is 5.41 Å². The van der Waals surface area contributed by atoms with E-state index < -0.39 is 5.41 Å². The molecule has 0 bridgehead atoms. The fraction of sp³-hybridized carbons (Fsp3) is 0.625. The van der Waals surface area contributed by atoms with Gasteiger partial charge >= 0.3 is 0 Å². The zero-order valence-corrected chi connectivity index (χ0v) is 7.19. The molecule has 0 aliphatic heterocycles. The number of nitrogens with zero attached hydrogens (tertiary/aromatic N) is 2. The molecule has 1 aromatic rings. The van der Waals surface area contributed by atoms with E-state index in [4.69, 9.17) is 5.73 Å². The second-order valence-corrected chi connectivity index (χ2v) is 3.41. The third-order valence-corrected chi connectivity index (χ3v) is 2.72. The Hall–Kier alpha value is -1.39. The number of rotatable bonds is 2. The highest BCUT2D eigenvalue weighted by Gasteiger charge is 2.44. The summed E-state index contributed by atoms with van der Waals surface area (Å²) in [7, 11) is 0. The number of aromatic nitrogens is 2. The molecule has 1 aliphatic rings. The normalized spacial score (nSPS) is 20.3. The molecule has 1 saturated carbocycles. The Bertz CT molecular complexity index is 301. The third kappa shape index (κ3) is 1.11. The maximum atomic E-state index is 11.3. The van der Waals surface area contributed by atoms with Crippen molar-refractivity contribution < 1.29 is 9.32 Å². The first kappa shape index (κ1) is 8.22. The van der Waals surface area contributed by atoms with E-state index in [0.717, 1.165) is 25.7 Å². The van der Waals surface area contributed by atoms with E-state index in [9.17, 15) is 4.79 Å².